The normalized spacial score (nSPS) is 30.5. The average molecular weight is 364 g/mol. The lowest BCUT2D eigenvalue weighted by molar-refractivity contribution is -0.144. The molecule has 3 fully saturated rings. The van der Waals surface area contributed by atoms with Gasteiger partial charge in [-0.1, -0.05) is 0 Å². The molecule has 0 aromatic heterocycles. The molecule has 0 aromatic carbocycles. The molecule has 1 unspecified atom stereocenters. The van der Waals surface area contributed by atoms with Crippen molar-refractivity contribution in [3.8, 4) is 0 Å². The van der Waals surface area contributed by atoms with Crippen LogP contribution in [0.4, 0.5) is 4.79 Å². The van der Waals surface area contributed by atoms with Crippen LogP contribution in [0.25, 0.3) is 0 Å². The van der Waals surface area contributed by atoms with E-state index >= 15 is 0 Å². The molecule has 3 heterocycles. The molecule has 0 radical (unpaired) electrons. The standard InChI is InChI=1S/C12H20N4O7S/c17-11(14-22-9-2-1-5-13-6-9)10-4-3-8-7-15(10)12(18)16(8)23-24(19,20)21/h8-10,13H,1-7H2,(H,14,17)(H,19,20,21)/t8?,9-,10-/m0/s1. The molecule has 3 aliphatic rings. The van der Waals surface area contributed by atoms with Crippen LogP contribution in [0, 0.1) is 0 Å². The first kappa shape index (κ1) is 17.4. The molecule has 3 N–H and O–H groups in total. The molecule has 2 bridgehead atoms. The Balaban J connectivity index is 1.58. The van der Waals surface area contributed by atoms with Gasteiger partial charge in [0, 0.05) is 13.1 Å². The lowest BCUT2D eigenvalue weighted by Crippen LogP contribution is -2.51. The van der Waals surface area contributed by atoms with Gasteiger partial charge in [0.05, 0.1) is 12.1 Å². The molecule has 0 saturated carbocycles. The van der Waals surface area contributed by atoms with E-state index in [0.717, 1.165) is 19.4 Å². The van der Waals surface area contributed by atoms with E-state index in [-0.39, 0.29) is 12.6 Å². The maximum Gasteiger partial charge on any atom is 0.418 e. The fraction of sp³-hybridized carbons (Fsp3) is 0.833. The van der Waals surface area contributed by atoms with Crippen LogP contribution in [-0.4, -0.2) is 72.7 Å². The summed E-state index contributed by atoms with van der Waals surface area (Å²) < 4.78 is 34.7. The van der Waals surface area contributed by atoms with Gasteiger partial charge in [-0.2, -0.15) is 13.5 Å². The number of rotatable bonds is 5. The maximum absolute atomic E-state index is 12.3. The molecule has 0 aromatic rings. The van der Waals surface area contributed by atoms with Gasteiger partial charge in [-0.05, 0) is 32.2 Å². The molecule has 3 amide bonds. The SMILES string of the molecule is O=C(NO[C@H]1CCCNC1)[C@@H]1CCC2CN1C(=O)N2OS(=O)(=O)O. The highest BCUT2D eigenvalue weighted by atomic mass is 32.3. The van der Waals surface area contributed by atoms with Gasteiger partial charge in [-0.15, -0.1) is 4.28 Å². The number of nitrogens with zero attached hydrogens (tertiary/aromatic N) is 2. The Bertz CT molecular complexity index is 607. The summed E-state index contributed by atoms with van der Waals surface area (Å²) in [5, 5.41) is 3.76. The number of hydrogen-bond donors (Lipinski definition) is 3. The predicted octanol–water partition coefficient (Wildman–Crippen LogP) is -1.21. The second-order valence-corrected chi connectivity index (χ2v) is 7.07. The van der Waals surface area contributed by atoms with Gasteiger partial charge < -0.3 is 10.2 Å². The number of carbonyl (C=O) groups is 2. The molecule has 3 rings (SSSR count). The zero-order chi connectivity index (χ0) is 17.3. The zero-order valence-electron chi connectivity index (χ0n) is 12.9. The minimum Gasteiger partial charge on any atom is -0.314 e. The third kappa shape index (κ3) is 3.78. The van der Waals surface area contributed by atoms with E-state index < -0.39 is 34.4 Å². The number of piperidine rings is 2. The topological polar surface area (TPSA) is 138 Å². The first-order chi connectivity index (χ1) is 11.3. The van der Waals surface area contributed by atoms with Crippen LogP contribution in [-0.2, 0) is 24.3 Å². The van der Waals surface area contributed by atoms with E-state index in [1.807, 2.05) is 0 Å². The Kier molecular flexibility index (Phi) is 4.92. The lowest BCUT2D eigenvalue weighted by Gasteiger charge is -2.30. The summed E-state index contributed by atoms with van der Waals surface area (Å²) >= 11 is 0. The highest BCUT2D eigenvalue weighted by Crippen LogP contribution is 2.30. The number of urea groups is 1. The van der Waals surface area contributed by atoms with E-state index in [1.165, 1.54) is 4.90 Å². The molecule has 0 spiro atoms. The molecule has 3 atom stereocenters. The number of fused-ring (bicyclic) bond motifs is 2. The van der Waals surface area contributed by atoms with Crippen LogP contribution < -0.4 is 10.8 Å². The minimum absolute atomic E-state index is 0.118. The zero-order valence-corrected chi connectivity index (χ0v) is 13.7. The lowest BCUT2D eigenvalue weighted by atomic mass is 10.0. The van der Waals surface area contributed by atoms with Crippen LogP contribution in [0.3, 0.4) is 0 Å². The summed E-state index contributed by atoms with van der Waals surface area (Å²) in [6.07, 6.45) is 2.39. The summed E-state index contributed by atoms with van der Waals surface area (Å²) in [4.78, 5) is 31.1. The third-order valence-corrected chi connectivity index (χ3v) is 4.73. The van der Waals surface area contributed by atoms with Crippen LogP contribution in [0.15, 0.2) is 0 Å². The van der Waals surface area contributed by atoms with Crippen LogP contribution >= 0.6 is 0 Å². The number of amides is 3. The number of carbonyl (C=O) groups excluding carboxylic acids is 2. The summed E-state index contributed by atoms with van der Waals surface area (Å²) in [5.41, 5.74) is 2.39. The molecule has 136 valence electrons. The quantitative estimate of drug-likeness (QED) is 0.408. The van der Waals surface area contributed by atoms with E-state index in [2.05, 4.69) is 15.1 Å². The minimum atomic E-state index is -4.80. The van der Waals surface area contributed by atoms with Crippen molar-refractivity contribution in [3.63, 3.8) is 0 Å². The van der Waals surface area contributed by atoms with E-state index in [9.17, 15) is 18.0 Å². The Hall–Kier alpha value is -1.47. The van der Waals surface area contributed by atoms with E-state index in [1.54, 1.807) is 0 Å². The van der Waals surface area contributed by atoms with Gasteiger partial charge >= 0.3 is 16.4 Å². The number of nitrogens with one attached hydrogen (secondary N) is 2. The van der Waals surface area contributed by atoms with Gasteiger partial charge in [0.15, 0.2) is 0 Å². The van der Waals surface area contributed by atoms with Crippen molar-refractivity contribution in [3.05, 3.63) is 0 Å². The van der Waals surface area contributed by atoms with Crippen molar-refractivity contribution in [2.24, 2.45) is 0 Å². The first-order valence-corrected chi connectivity index (χ1v) is 9.15. The Morgan fingerprint density at radius 3 is 2.79 bits per heavy atom. The molecular formula is C12H20N4O7S. The summed E-state index contributed by atoms with van der Waals surface area (Å²) in [5.74, 6) is -0.457. The molecular weight excluding hydrogens is 344 g/mol. The molecule has 24 heavy (non-hydrogen) atoms. The monoisotopic (exact) mass is 364 g/mol. The van der Waals surface area contributed by atoms with Gasteiger partial charge in [-0.3, -0.25) is 14.2 Å². The highest BCUT2D eigenvalue weighted by Gasteiger charge is 2.49. The van der Waals surface area contributed by atoms with Crippen molar-refractivity contribution in [1.29, 1.82) is 0 Å². The number of hydrogen-bond acceptors (Lipinski definition) is 7. The van der Waals surface area contributed by atoms with Crippen LogP contribution in [0.1, 0.15) is 25.7 Å². The van der Waals surface area contributed by atoms with E-state index in [4.69, 9.17) is 9.39 Å². The fourth-order valence-corrected chi connectivity index (χ4v) is 3.62. The molecule has 3 saturated heterocycles. The largest absolute Gasteiger partial charge is 0.418 e. The summed E-state index contributed by atoms with van der Waals surface area (Å²) in [7, 11) is -4.80. The second kappa shape index (κ2) is 6.80. The molecule has 0 aliphatic carbocycles. The number of hydroxylamine groups is 3. The summed E-state index contributed by atoms with van der Waals surface area (Å²) in [6.45, 7) is 1.72. The van der Waals surface area contributed by atoms with Crippen LogP contribution in [0.5, 0.6) is 0 Å². The van der Waals surface area contributed by atoms with Crippen molar-refractivity contribution in [2.45, 2.75) is 43.9 Å². The van der Waals surface area contributed by atoms with Crippen LogP contribution in [0.2, 0.25) is 0 Å². The first-order valence-electron chi connectivity index (χ1n) is 7.78. The van der Waals surface area contributed by atoms with Crippen molar-refractivity contribution >= 4 is 22.3 Å². The Morgan fingerprint density at radius 1 is 1.33 bits per heavy atom. The van der Waals surface area contributed by atoms with E-state index in [0.29, 0.717) is 24.4 Å². The molecule has 11 nitrogen and oxygen atoms in total. The molecule has 12 heteroatoms. The van der Waals surface area contributed by atoms with Crippen molar-refractivity contribution in [1.82, 2.24) is 20.8 Å². The fourth-order valence-electron chi connectivity index (χ4n) is 3.23. The predicted molar refractivity (Wildman–Crippen MR) is 78.5 cm³/mol. The van der Waals surface area contributed by atoms with Gasteiger partial charge in [-0.25, -0.2) is 10.3 Å². The second-order valence-electron chi connectivity index (χ2n) is 6.06. The van der Waals surface area contributed by atoms with Gasteiger partial charge in [0.25, 0.3) is 5.91 Å². The Labute approximate surface area is 139 Å². The highest BCUT2D eigenvalue weighted by molar-refractivity contribution is 7.80. The van der Waals surface area contributed by atoms with Crippen molar-refractivity contribution < 1.29 is 31.7 Å². The smallest absolute Gasteiger partial charge is 0.314 e. The van der Waals surface area contributed by atoms with Gasteiger partial charge in [0.1, 0.15) is 6.04 Å². The molecule has 3 aliphatic heterocycles. The third-order valence-electron chi connectivity index (χ3n) is 4.38. The van der Waals surface area contributed by atoms with Crippen molar-refractivity contribution in [2.75, 3.05) is 19.6 Å². The maximum atomic E-state index is 12.3. The average Bonchev–Trinajstić information content (AvgIpc) is 2.77. The Morgan fingerprint density at radius 2 is 2.12 bits per heavy atom. The van der Waals surface area contributed by atoms with Gasteiger partial charge in [0.2, 0.25) is 0 Å². The summed E-state index contributed by atoms with van der Waals surface area (Å²) in [6, 6.07) is -2.05.